The number of halogens is 1. The lowest BCUT2D eigenvalue weighted by molar-refractivity contribution is 0.0682. The van der Waals surface area contributed by atoms with Crippen molar-refractivity contribution in [1.82, 2.24) is 4.90 Å². The molecule has 2 heterocycles. The Morgan fingerprint density at radius 3 is 2.40 bits per heavy atom. The van der Waals surface area contributed by atoms with Gasteiger partial charge in [-0.2, -0.15) is 0 Å². The second kappa shape index (κ2) is 9.02. The fraction of sp³-hybridized carbons (Fsp3) is 0.333. The minimum Gasteiger partial charge on any atom is -0.455 e. The molecule has 0 aliphatic carbocycles. The van der Waals surface area contributed by atoms with Gasteiger partial charge in [0.05, 0.1) is 10.9 Å². The number of para-hydroxylation sites is 1. The van der Waals surface area contributed by atoms with Gasteiger partial charge in [-0.05, 0) is 44.7 Å². The zero-order chi connectivity index (χ0) is 20.5. The third-order valence-corrected chi connectivity index (χ3v) is 5.98. The van der Waals surface area contributed by atoms with Gasteiger partial charge >= 0.3 is 0 Å². The maximum Gasteiger partial charge on any atom is 0.257 e. The lowest BCUT2D eigenvalue weighted by Crippen LogP contribution is -2.42. The summed E-state index contributed by atoms with van der Waals surface area (Å²) in [6.07, 6.45) is 1.79. The van der Waals surface area contributed by atoms with E-state index in [-0.39, 0.29) is 29.8 Å². The fourth-order valence-electron chi connectivity index (χ4n) is 4.14. The van der Waals surface area contributed by atoms with Crippen LogP contribution in [0.5, 0.6) is 0 Å². The summed E-state index contributed by atoms with van der Waals surface area (Å²) in [6.45, 7) is 5.13. The van der Waals surface area contributed by atoms with Crippen molar-refractivity contribution in [2.75, 3.05) is 13.1 Å². The van der Waals surface area contributed by atoms with Crippen LogP contribution in [0.4, 0.5) is 0 Å². The van der Waals surface area contributed by atoms with Crippen LogP contribution >= 0.6 is 12.4 Å². The first-order chi connectivity index (χ1) is 14.0. The monoisotopic (exact) mass is 426 g/mol. The van der Waals surface area contributed by atoms with Crippen molar-refractivity contribution in [3.63, 3.8) is 0 Å². The van der Waals surface area contributed by atoms with Gasteiger partial charge in [-0.25, -0.2) is 0 Å². The predicted molar refractivity (Wildman–Crippen MR) is 122 cm³/mol. The molecule has 0 spiro atoms. The van der Waals surface area contributed by atoms with Crippen LogP contribution < -0.4 is 11.2 Å². The van der Waals surface area contributed by atoms with Gasteiger partial charge in [0.1, 0.15) is 5.76 Å². The molecule has 4 rings (SSSR count). The molecule has 6 heteroatoms. The van der Waals surface area contributed by atoms with Crippen LogP contribution in [0.1, 0.15) is 35.7 Å². The van der Waals surface area contributed by atoms with E-state index in [0.29, 0.717) is 46.9 Å². The van der Waals surface area contributed by atoms with Crippen molar-refractivity contribution in [2.45, 2.75) is 32.7 Å². The lowest BCUT2D eigenvalue weighted by Gasteiger charge is -2.33. The quantitative estimate of drug-likeness (QED) is 0.673. The second-order valence-corrected chi connectivity index (χ2v) is 7.92. The van der Waals surface area contributed by atoms with Gasteiger partial charge in [-0.1, -0.05) is 36.4 Å². The summed E-state index contributed by atoms with van der Waals surface area (Å²) in [5, 5.41) is 0.443. The Kier molecular flexibility index (Phi) is 6.64. The summed E-state index contributed by atoms with van der Waals surface area (Å²) in [5.41, 5.74) is 8.10. The molecule has 1 aliphatic heterocycles. The van der Waals surface area contributed by atoms with Gasteiger partial charge < -0.3 is 15.1 Å². The molecule has 0 radical (unpaired) electrons. The Hall–Kier alpha value is -2.63. The van der Waals surface area contributed by atoms with Crippen LogP contribution in [0.2, 0.25) is 0 Å². The molecule has 0 bridgehead atoms. The van der Waals surface area contributed by atoms with Crippen molar-refractivity contribution in [3.05, 3.63) is 69.9 Å². The summed E-state index contributed by atoms with van der Waals surface area (Å²) in [6, 6.07) is 14.9. The predicted octanol–water partition coefficient (Wildman–Crippen LogP) is 4.39. The van der Waals surface area contributed by atoms with Gasteiger partial charge in [0.15, 0.2) is 11.0 Å². The Bertz CT molecular complexity index is 1100. The highest BCUT2D eigenvalue weighted by molar-refractivity contribution is 6.05. The highest BCUT2D eigenvalue weighted by atomic mass is 35.5. The average molecular weight is 427 g/mol. The molecule has 1 saturated heterocycles. The van der Waals surface area contributed by atoms with Gasteiger partial charge in [0.2, 0.25) is 0 Å². The number of hydrogen-bond donors (Lipinski definition) is 1. The Balaban J connectivity index is 0.00000256. The van der Waals surface area contributed by atoms with Crippen molar-refractivity contribution >= 4 is 29.3 Å². The number of carbonyl (C=O) groups is 1. The summed E-state index contributed by atoms with van der Waals surface area (Å²) < 4.78 is 6.19. The molecule has 3 aromatic rings. The molecule has 1 fully saturated rings. The topological polar surface area (TPSA) is 76.5 Å². The van der Waals surface area contributed by atoms with Crippen molar-refractivity contribution in [1.29, 1.82) is 0 Å². The second-order valence-electron chi connectivity index (χ2n) is 7.92. The minimum absolute atomic E-state index is 0. The Morgan fingerprint density at radius 1 is 1.10 bits per heavy atom. The standard InChI is InChI=1S/C24H26N2O3.ClH/c1-15-21(27)19-9-6-10-20(23(19)29-22(15)18-7-4-3-5-8-18)24(28)26-13-11-17(12-14-26)16(2)25;/h3-10,16-17H,11-14,25H2,1-2H3;1H. The number of fused-ring (bicyclic) bond motifs is 1. The van der Waals surface area contributed by atoms with E-state index < -0.39 is 0 Å². The molecule has 1 aromatic heterocycles. The fourth-order valence-corrected chi connectivity index (χ4v) is 4.14. The summed E-state index contributed by atoms with van der Waals surface area (Å²) in [5.74, 6) is 0.862. The molecule has 5 nitrogen and oxygen atoms in total. The molecule has 2 N–H and O–H groups in total. The van der Waals surface area contributed by atoms with E-state index in [4.69, 9.17) is 10.2 Å². The van der Waals surface area contributed by atoms with Crippen LogP contribution in [0.25, 0.3) is 22.3 Å². The van der Waals surface area contributed by atoms with E-state index in [9.17, 15) is 9.59 Å². The van der Waals surface area contributed by atoms with E-state index in [1.54, 1.807) is 25.1 Å². The molecule has 1 atom stereocenters. The van der Waals surface area contributed by atoms with Crippen LogP contribution in [0.3, 0.4) is 0 Å². The number of piperidine rings is 1. The lowest BCUT2D eigenvalue weighted by atomic mass is 9.90. The van der Waals surface area contributed by atoms with E-state index >= 15 is 0 Å². The number of hydrogen-bond acceptors (Lipinski definition) is 4. The van der Waals surface area contributed by atoms with Crippen molar-refractivity contribution in [3.8, 4) is 11.3 Å². The molecule has 158 valence electrons. The first-order valence-electron chi connectivity index (χ1n) is 10.1. The molecule has 0 saturated carbocycles. The molecule has 2 aromatic carbocycles. The summed E-state index contributed by atoms with van der Waals surface area (Å²) in [4.78, 5) is 28.1. The maximum absolute atomic E-state index is 13.3. The van der Waals surface area contributed by atoms with Gasteiger partial charge in [0, 0.05) is 30.3 Å². The smallest absolute Gasteiger partial charge is 0.257 e. The van der Waals surface area contributed by atoms with Crippen molar-refractivity contribution < 1.29 is 9.21 Å². The minimum atomic E-state index is -0.101. The van der Waals surface area contributed by atoms with Crippen molar-refractivity contribution in [2.24, 2.45) is 11.7 Å². The van der Waals surface area contributed by atoms with E-state index in [2.05, 4.69) is 0 Å². The van der Waals surface area contributed by atoms with Crippen LogP contribution in [0, 0.1) is 12.8 Å². The normalized spacial score (nSPS) is 15.6. The third-order valence-electron chi connectivity index (χ3n) is 5.98. The number of nitrogens with two attached hydrogens (primary N) is 1. The molecule has 30 heavy (non-hydrogen) atoms. The number of likely N-dealkylation sites (tertiary alicyclic amines) is 1. The van der Waals surface area contributed by atoms with Gasteiger partial charge in [0.25, 0.3) is 5.91 Å². The summed E-state index contributed by atoms with van der Waals surface area (Å²) in [7, 11) is 0. The third kappa shape index (κ3) is 4.00. The zero-order valence-electron chi connectivity index (χ0n) is 17.3. The zero-order valence-corrected chi connectivity index (χ0v) is 18.1. The number of nitrogens with zero attached hydrogens (tertiary/aromatic N) is 1. The molecule has 1 aliphatic rings. The molecule has 1 unspecified atom stereocenters. The highest BCUT2D eigenvalue weighted by Gasteiger charge is 2.27. The molecular formula is C24H27ClN2O3. The highest BCUT2D eigenvalue weighted by Crippen LogP contribution is 2.29. The molecule has 1 amide bonds. The molecular weight excluding hydrogens is 400 g/mol. The van der Waals surface area contributed by atoms with Gasteiger partial charge in [-0.3, -0.25) is 9.59 Å². The van der Waals surface area contributed by atoms with Crippen LogP contribution in [-0.2, 0) is 0 Å². The number of carbonyl (C=O) groups excluding carboxylic acids is 1. The van der Waals surface area contributed by atoms with Crippen LogP contribution in [0.15, 0.2) is 57.7 Å². The number of rotatable bonds is 3. The van der Waals surface area contributed by atoms with E-state index in [0.717, 1.165) is 18.4 Å². The SMILES string of the molecule is Cc1c(-c2ccccc2)oc2c(C(=O)N3CCC(C(C)N)CC3)cccc2c1=O.Cl. The van der Waals surface area contributed by atoms with Gasteiger partial charge in [-0.15, -0.1) is 12.4 Å². The number of amides is 1. The van der Waals surface area contributed by atoms with Crippen LogP contribution in [-0.4, -0.2) is 29.9 Å². The van der Waals surface area contributed by atoms with E-state index in [1.165, 1.54) is 0 Å². The first-order valence-corrected chi connectivity index (χ1v) is 10.1. The largest absolute Gasteiger partial charge is 0.455 e. The summed E-state index contributed by atoms with van der Waals surface area (Å²) >= 11 is 0. The average Bonchev–Trinajstić information content (AvgIpc) is 2.76. The number of benzene rings is 2. The Labute approximate surface area is 182 Å². The van der Waals surface area contributed by atoms with E-state index in [1.807, 2.05) is 42.2 Å². The Morgan fingerprint density at radius 2 is 1.77 bits per heavy atom. The first kappa shape index (κ1) is 22.1. The maximum atomic E-state index is 13.3.